The van der Waals surface area contributed by atoms with Crippen LogP contribution in [-0.4, -0.2) is 12.0 Å². The van der Waals surface area contributed by atoms with Crippen LogP contribution < -0.4 is 4.74 Å². The summed E-state index contributed by atoms with van der Waals surface area (Å²) in [5, 5.41) is 6.85. The molecular weight excluding hydrogens is 252 g/mol. The Kier molecular flexibility index (Phi) is 3.66. The number of halogens is 2. The molecule has 96 valence electrons. The smallest absolute Gasteiger partial charge is 0.203 e. The molecule has 0 atom stereocenters. The van der Waals surface area contributed by atoms with Crippen LogP contribution in [0.2, 0.25) is 0 Å². The molecule has 3 nitrogen and oxygen atoms in total. The highest BCUT2D eigenvalue weighted by atomic mass is 19.1. The van der Waals surface area contributed by atoms with Crippen molar-refractivity contribution in [3.05, 3.63) is 59.7 Å². The zero-order valence-corrected chi connectivity index (χ0v) is 9.69. The van der Waals surface area contributed by atoms with Crippen molar-refractivity contribution in [2.24, 2.45) is 0 Å². The van der Waals surface area contributed by atoms with Crippen molar-refractivity contribution in [1.29, 1.82) is 5.41 Å². The molecule has 0 radical (unpaired) electrons. The Bertz CT molecular complexity index is 624. The number of benzene rings is 2. The van der Waals surface area contributed by atoms with Gasteiger partial charge in [0, 0.05) is 11.6 Å². The lowest BCUT2D eigenvalue weighted by molar-refractivity contribution is 0.106. The summed E-state index contributed by atoms with van der Waals surface area (Å²) >= 11 is 0. The summed E-state index contributed by atoms with van der Waals surface area (Å²) in [6.07, 6.45) is 0.594. The topological polar surface area (TPSA) is 50.2 Å². The minimum Gasteiger partial charge on any atom is -0.457 e. The molecule has 0 saturated carbocycles. The van der Waals surface area contributed by atoms with Crippen molar-refractivity contribution in [1.82, 2.24) is 0 Å². The Hall–Kier alpha value is -2.56. The van der Waals surface area contributed by atoms with E-state index in [0.717, 1.165) is 12.1 Å². The van der Waals surface area contributed by atoms with Crippen LogP contribution in [0.25, 0.3) is 0 Å². The fraction of sp³-hybridized carbons (Fsp3) is 0. The molecule has 0 spiro atoms. The largest absolute Gasteiger partial charge is 0.457 e. The summed E-state index contributed by atoms with van der Waals surface area (Å²) < 4.78 is 31.4. The van der Waals surface area contributed by atoms with Crippen molar-refractivity contribution in [2.45, 2.75) is 0 Å². The van der Waals surface area contributed by atoms with Crippen LogP contribution in [-0.2, 0) is 0 Å². The average molecular weight is 261 g/mol. The van der Waals surface area contributed by atoms with Gasteiger partial charge in [0.05, 0.1) is 6.21 Å². The van der Waals surface area contributed by atoms with Gasteiger partial charge < -0.3 is 10.1 Å². The number of hydrogen-bond donors (Lipinski definition) is 1. The van der Waals surface area contributed by atoms with E-state index in [1.165, 1.54) is 30.3 Å². The summed E-state index contributed by atoms with van der Waals surface area (Å²) in [5.41, 5.74) is 0.0205. The van der Waals surface area contributed by atoms with E-state index in [2.05, 4.69) is 0 Å². The molecule has 2 rings (SSSR count). The standard InChI is InChI=1S/C14H9F2NO2/c15-10-1-3-12(4-2-10)19-13-6-9(14(18)8-17)5-11(16)7-13/h1-8,17H. The molecule has 19 heavy (non-hydrogen) atoms. The predicted molar refractivity (Wildman–Crippen MR) is 66.0 cm³/mol. The molecule has 0 saturated heterocycles. The molecule has 0 heterocycles. The molecule has 0 amide bonds. The van der Waals surface area contributed by atoms with Gasteiger partial charge >= 0.3 is 0 Å². The second-order valence-electron chi connectivity index (χ2n) is 3.74. The zero-order valence-electron chi connectivity index (χ0n) is 9.69. The summed E-state index contributed by atoms with van der Waals surface area (Å²) in [6, 6.07) is 8.63. The molecule has 5 heteroatoms. The average Bonchev–Trinajstić information content (AvgIpc) is 2.40. The van der Waals surface area contributed by atoms with E-state index in [-0.39, 0.29) is 11.3 Å². The van der Waals surface area contributed by atoms with Crippen LogP contribution in [0.15, 0.2) is 42.5 Å². The lowest BCUT2D eigenvalue weighted by atomic mass is 10.1. The number of ketones is 1. The Morgan fingerprint density at radius 3 is 2.32 bits per heavy atom. The number of nitrogens with one attached hydrogen (secondary N) is 1. The number of carbonyl (C=O) groups excluding carboxylic acids is 1. The second kappa shape index (κ2) is 5.39. The molecule has 0 bridgehead atoms. The Labute approximate surface area is 108 Å². The zero-order chi connectivity index (χ0) is 13.8. The Morgan fingerprint density at radius 2 is 1.68 bits per heavy atom. The number of Topliss-reactive ketones (excluding diaryl/α,β-unsaturated/α-hetero) is 1. The molecular formula is C14H9F2NO2. The van der Waals surface area contributed by atoms with Crippen molar-refractivity contribution >= 4 is 12.0 Å². The number of ether oxygens (including phenoxy) is 1. The number of carbonyl (C=O) groups is 1. The van der Waals surface area contributed by atoms with Gasteiger partial charge in [-0.05, 0) is 36.4 Å². The fourth-order valence-corrected chi connectivity index (χ4v) is 1.49. The lowest BCUT2D eigenvalue weighted by Gasteiger charge is -2.07. The first-order valence-electron chi connectivity index (χ1n) is 5.37. The van der Waals surface area contributed by atoms with E-state index < -0.39 is 17.4 Å². The molecule has 0 aromatic heterocycles. The van der Waals surface area contributed by atoms with Gasteiger partial charge in [0.15, 0.2) is 0 Å². The monoisotopic (exact) mass is 261 g/mol. The summed E-state index contributed by atoms with van der Waals surface area (Å²) in [6.45, 7) is 0. The first-order chi connectivity index (χ1) is 9.08. The van der Waals surface area contributed by atoms with Gasteiger partial charge in [0.1, 0.15) is 23.1 Å². The molecule has 2 aromatic carbocycles. The van der Waals surface area contributed by atoms with Crippen LogP contribution in [0.5, 0.6) is 11.5 Å². The van der Waals surface area contributed by atoms with Gasteiger partial charge in [-0.1, -0.05) is 0 Å². The van der Waals surface area contributed by atoms with Gasteiger partial charge in [-0.25, -0.2) is 8.78 Å². The first kappa shape index (κ1) is 12.9. The predicted octanol–water partition coefficient (Wildman–Crippen LogP) is 3.59. The van der Waals surface area contributed by atoms with Crippen LogP contribution in [0, 0.1) is 17.0 Å². The van der Waals surface area contributed by atoms with Crippen LogP contribution >= 0.6 is 0 Å². The highest BCUT2D eigenvalue weighted by Crippen LogP contribution is 2.23. The SMILES string of the molecule is N=CC(=O)c1cc(F)cc(Oc2ccc(F)cc2)c1. The molecule has 2 aromatic rings. The normalized spacial score (nSPS) is 10.0. The van der Waals surface area contributed by atoms with Crippen molar-refractivity contribution in [3.8, 4) is 11.5 Å². The number of hydrogen-bond acceptors (Lipinski definition) is 3. The van der Waals surface area contributed by atoms with Gasteiger partial charge in [-0.15, -0.1) is 0 Å². The minimum atomic E-state index is -0.648. The van der Waals surface area contributed by atoms with E-state index in [1.54, 1.807) is 0 Å². The summed E-state index contributed by atoms with van der Waals surface area (Å²) in [7, 11) is 0. The van der Waals surface area contributed by atoms with E-state index in [9.17, 15) is 13.6 Å². The quantitative estimate of drug-likeness (QED) is 0.675. The summed E-state index contributed by atoms with van der Waals surface area (Å²) in [5.74, 6) is -1.25. The molecule has 0 fully saturated rings. The molecule has 0 aliphatic carbocycles. The van der Waals surface area contributed by atoms with Gasteiger partial charge in [0.2, 0.25) is 5.78 Å². The Morgan fingerprint density at radius 1 is 1.00 bits per heavy atom. The van der Waals surface area contributed by atoms with Crippen molar-refractivity contribution in [2.75, 3.05) is 0 Å². The maximum Gasteiger partial charge on any atom is 0.203 e. The van der Waals surface area contributed by atoms with Gasteiger partial charge in [-0.2, -0.15) is 0 Å². The second-order valence-corrected chi connectivity index (χ2v) is 3.74. The number of rotatable bonds is 4. The van der Waals surface area contributed by atoms with Crippen molar-refractivity contribution < 1.29 is 18.3 Å². The third-order valence-electron chi connectivity index (χ3n) is 2.34. The summed E-state index contributed by atoms with van der Waals surface area (Å²) in [4.78, 5) is 11.3. The van der Waals surface area contributed by atoms with Crippen molar-refractivity contribution in [3.63, 3.8) is 0 Å². The maximum atomic E-state index is 13.3. The van der Waals surface area contributed by atoms with E-state index in [4.69, 9.17) is 10.1 Å². The first-order valence-corrected chi connectivity index (χ1v) is 5.37. The molecule has 0 aliphatic heterocycles. The lowest BCUT2D eigenvalue weighted by Crippen LogP contribution is -2.00. The maximum absolute atomic E-state index is 13.3. The molecule has 1 N–H and O–H groups in total. The van der Waals surface area contributed by atoms with Crippen LogP contribution in [0.3, 0.4) is 0 Å². The van der Waals surface area contributed by atoms with Gasteiger partial charge in [0.25, 0.3) is 0 Å². The minimum absolute atomic E-state index is 0.0205. The highest BCUT2D eigenvalue weighted by molar-refractivity contribution is 6.34. The molecule has 0 unspecified atom stereocenters. The van der Waals surface area contributed by atoms with E-state index >= 15 is 0 Å². The fourth-order valence-electron chi connectivity index (χ4n) is 1.49. The van der Waals surface area contributed by atoms with E-state index in [0.29, 0.717) is 12.0 Å². The third-order valence-corrected chi connectivity index (χ3v) is 2.34. The van der Waals surface area contributed by atoms with Crippen LogP contribution in [0.4, 0.5) is 8.78 Å². The Balaban J connectivity index is 2.29. The third kappa shape index (κ3) is 3.22. The van der Waals surface area contributed by atoms with E-state index in [1.807, 2.05) is 0 Å². The highest BCUT2D eigenvalue weighted by Gasteiger charge is 2.08. The molecule has 0 aliphatic rings. The van der Waals surface area contributed by atoms with Crippen LogP contribution in [0.1, 0.15) is 10.4 Å². The van der Waals surface area contributed by atoms with Gasteiger partial charge in [-0.3, -0.25) is 4.79 Å².